The van der Waals surface area contributed by atoms with E-state index < -0.39 is 0 Å². The third kappa shape index (κ3) is 3.65. The highest BCUT2D eigenvalue weighted by molar-refractivity contribution is 5.70. The normalized spacial score (nSPS) is 10.2. The summed E-state index contributed by atoms with van der Waals surface area (Å²) in [5, 5.41) is 0. The number of benzene rings is 2. The zero-order chi connectivity index (χ0) is 13.7. The molecule has 0 amide bonds. The van der Waals surface area contributed by atoms with Gasteiger partial charge in [-0.1, -0.05) is 36.4 Å². The van der Waals surface area contributed by atoms with Crippen LogP contribution >= 0.6 is 0 Å². The molecule has 0 fully saturated rings. The van der Waals surface area contributed by atoms with E-state index in [2.05, 4.69) is 4.74 Å². The van der Waals surface area contributed by atoms with E-state index in [0.717, 1.165) is 16.7 Å². The zero-order valence-electron chi connectivity index (χ0n) is 10.7. The molecule has 3 heteroatoms. The SMILES string of the molecule is COC(=O)CCc1cccc(-c2ccc(F)cc2)c1. The van der Waals surface area contributed by atoms with Crippen LogP contribution in [0.1, 0.15) is 12.0 Å². The molecule has 0 aliphatic heterocycles. The second-order valence-corrected chi connectivity index (χ2v) is 4.28. The number of ether oxygens (including phenoxy) is 1. The lowest BCUT2D eigenvalue weighted by Crippen LogP contribution is -2.01. The molecule has 19 heavy (non-hydrogen) atoms. The van der Waals surface area contributed by atoms with Gasteiger partial charge in [0.25, 0.3) is 0 Å². The Labute approximate surface area is 111 Å². The van der Waals surface area contributed by atoms with E-state index in [1.54, 1.807) is 12.1 Å². The number of esters is 1. The van der Waals surface area contributed by atoms with Crippen molar-refractivity contribution in [3.63, 3.8) is 0 Å². The molecular weight excluding hydrogens is 243 g/mol. The van der Waals surface area contributed by atoms with Crippen LogP contribution in [-0.2, 0) is 16.0 Å². The van der Waals surface area contributed by atoms with Crippen molar-refractivity contribution >= 4 is 5.97 Å². The monoisotopic (exact) mass is 258 g/mol. The van der Waals surface area contributed by atoms with E-state index in [4.69, 9.17) is 0 Å². The molecule has 0 unspecified atom stereocenters. The third-order valence-corrected chi connectivity index (χ3v) is 2.95. The Morgan fingerprint density at radius 2 is 1.84 bits per heavy atom. The second kappa shape index (κ2) is 6.14. The summed E-state index contributed by atoms with van der Waals surface area (Å²) in [5.74, 6) is -0.460. The van der Waals surface area contributed by atoms with Gasteiger partial charge < -0.3 is 4.74 Å². The van der Waals surface area contributed by atoms with Crippen molar-refractivity contribution < 1.29 is 13.9 Å². The van der Waals surface area contributed by atoms with Crippen LogP contribution < -0.4 is 0 Å². The summed E-state index contributed by atoms with van der Waals surface area (Å²) in [6, 6.07) is 14.3. The maximum absolute atomic E-state index is 12.9. The van der Waals surface area contributed by atoms with Gasteiger partial charge in [-0.25, -0.2) is 4.39 Å². The number of hydrogen-bond donors (Lipinski definition) is 0. The predicted molar refractivity (Wildman–Crippen MR) is 72.2 cm³/mol. The molecule has 2 nitrogen and oxygen atoms in total. The van der Waals surface area contributed by atoms with Crippen molar-refractivity contribution in [2.75, 3.05) is 7.11 Å². The number of carbonyl (C=O) groups is 1. The Bertz CT molecular complexity index is 561. The number of methoxy groups -OCH3 is 1. The fourth-order valence-corrected chi connectivity index (χ4v) is 1.90. The number of hydrogen-bond acceptors (Lipinski definition) is 2. The number of carbonyl (C=O) groups excluding carboxylic acids is 1. The van der Waals surface area contributed by atoms with Gasteiger partial charge in [-0.05, 0) is 35.2 Å². The molecule has 2 aromatic rings. The van der Waals surface area contributed by atoms with Gasteiger partial charge in [-0.15, -0.1) is 0 Å². The minimum absolute atomic E-state index is 0.216. The molecule has 0 bridgehead atoms. The fourth-order valence-electron chi connectivity index (χ4n) is 1.90. The Morgan fingerprint density at radius 3 is 2.53 bits per heavy atom. The van der Waals surface area contributed by atoms with Gasteiger partial charge in [-0.3, -0.25) is 4.79 Å². The lowest BCUT2D eigenvalue weighted by Gasteiger charge is -2.05. The topological polar surface area (TPSA) is 26.3 Å². The molecule has 0 aliphatic carbocycles. The summed E-state index contributed by atoms with van der Waals surface area (Å²) in [6.07, 6.45) is 1.01. The first-order valence-electron chi connectivity index (χ1n) is 6.11. The smallest absolute Gasteiger partial charge is 0.305 e. The Morgan fingerprint density at radius 1 is 1.11 bits per heavy atom. The molecule has 2 rings (SSSR count). The molecule has 0 spiro atoms. The Hall–Kier alpha value is -2.16. The molecule has 0 atom stereocenters. The van der Waals surface area contributed by atoms with Gasteiger partial charge in [0.15, 0.2) is 0 Å². The van der Waals surface area contributed by atoms with Crippen LogP contribution in [0.15, 0.2) is 48.5 Å². The lowest BCUT2D eigenvalue weighted by atomic mass is 10.0. The molecule has 0 N–H and O–H groups in total. The van der Waals surface area contributed by atoms with E-state index in [0.29, 0.717) is 12.8 Å². The molecule has 0 aliphatic rings. The van der Waals surface area contributed by atoms with Crippen molar-refractivity contribution in [1.82, 2.24) is 0 Å². The van der Waals surface area contributed by atoms with Crippen molar-refractivity contribution in [2.24, 2.45) is 0 Å². The van der Waals surface area contributed by atoms with Crippen molar-refractivity contribution in [3.8, 4) is 11.1 Å². The lowest BCUT2D eigenvalue weighted by molar-refractivity contribution is -0.140. The van der Waals surface area contributed by atoms with Crippen LogP contribution in [-0.4, -0.2) is 13.1 Å². The molecule has 0 radical (unpaired) electrons. The largest absolute Gasteiger partial charge is 0.469 e. The minimum atomic E-state index is -0.245. The van der Waals surface area contributed by atoms with Gasteiger partial charge in [0.1, 0.15) is 5.82 Å². The first kappa shape index (κ1) is 13.3. The third-order valence-electron chi connectivity index (χ3n) is 2.95. The van der Waals surface area contributed by atoms with Gasteiger partial charge in [0.2, 0.25) is 0 Å². The summed E-state index contributed by atoms with van der Waals surface area (Å²) in [6.45, 7) is 0. The minimum Gasteiger partial charge on any atom is -0.469 e. The summed E-state index contributed by atoms with van der Waals surface area (Å²) >= 11 is 0. The summed E-state index contributed by atoms with van der Waals surface area (Å²) in [5.41, 5.74) is 3.04. The van der Waals surface area contributed by atoms with E-state index in [-0.39, 0.29) is 11.8 Å². The van der Waals surface area contributed by atoms with Crippen LogP contribution in [0.4, 0.5) is 4.39 Å². The standard InChI is InChI=1S/C16H15FO2/c1-19-16(18)10-5-12-3-2-4-14(11-12)13-6-8-15(17)9-7-13/h2-4,6-9,11H,5,10H2,1H3. The van der Waals surface area contributed by atoms with E-state index in [1.807, 2.05) is 24.3 Å². The maximum atomic E-state index is 12.9. The first-order valence-corrected chi connectivity index (χ1v) is 6.11. The highest BCUT2D eigenvalue weighted by Gasteiger charge is 2.03. The van der Waals surface area contributed by atoms with Crippen LogP contribution in [0.2, 0.25) is 0 Å². The van der Waals surface area contributed by atoms with Crippen molar-refractivity contribution in [1.29, 1.82) is 0 Å². The summed E-state index contributed by atoms with van der Waals surface area (Å²) in [4.78, 5) is 11.1. The molecule has 0 heterocycles. The van der Waals surface area contributed by atoms with Gasteiger partial charge in [-0.2, -0.15) is 0 Å². The van der Waals surface area contributed by atoms with Gasteiger partial charge in [0.05, 0.1) is 7.11 Å². The molecular formula is C16H15FO2. The summed E-state index contributed by atoms with van der Waals surface area (Å²) < 4.78 is 17.5. The van der Waals surface area contributed by atoms with Crippen LogP contribution in [0.3, 0.4) is 0 Å². The fraction of sp³-hybridized carbons (Fsp3) is 0.188. The van der Waals surface area contributed by atoms with Gasteiger partial charge in [0, 0.05) is 6.42 Å². The number of aryl methyl sites for hydroxylation is 1. The van der Waals surface area contributed by atoms with Crippen LogP contribution in [0, 0.1) is 5.82 Å². The van der Waals surface area contributed by atoms with Crippen molar-refractivity contribution in [3.05, 3.63) is 59.9 Å². The highest BCUT2D eigenvalue weighted by Crippen LogP contribution is 2.21. The van der Waals surface area contributed by atoms with E-state index >= 15 is 0 Å². The van der Waals surface area contributed by atoms with Crippen molar-refractivity contribution in [2.45, 2.75) is 12.8 Å². The Kier molecular flexibility index (Phi) is 4.29. The summed E-state index contributed by atoms with van der Waals surface area (Å²) in [7, 11) is 1.39. The van der Waals surface area contributed by atoms with Crippen LogP contribution in [0.5, 0.6) is 0 Å². The Balaban J connectivity index is 2.15. The number of rotatable bonds is 4. The van der Waals surface area contributed by atoms with E-state index in [1.165, 1.54) is 19.2 Å². The first-order chi connectivity index (χ1) is 9.19. The van der Waals surface area contributed by atoms with Gasteiger partial charge >= 0.3 is 5.97 Å². The molecule has 0 aromatic heterocycles. The quantitative estimate of drug-likeness (QED) is 0.783. The molecule has 0 saturated heterocycles. The van der Waals surface area contributed by atoms with E-state index in [9.17, 15) is 9.18 Å². The average molecular weight is 258 g/mol. The predicted octanol–water partition coefficient (Wildman–Crippen LogP) is 3.60. The zero-order valence-corrected chi connectivity index (χ0v) is 10.7. The molecule has 0 saturated carbocycles. The highest BCUT2D eigenvalue weighted by atomic mass is 19.1. The molecule has 2 aromatic carbocycles. The molecule has 98 valence electrons. The number of halogens is 1. The van der Waals surface area contributed by atoms with Crippen LogP contribution in [0.25, 0.3) is 11.1 Å². The average Bonchev–Trinajstić information content (AvgIpc) is 2.46. The maximum Gasteiger partial charge on any atom is 0.305 e. The second-order valence-electron chi connectivity index (χ2n) is 4.28.